The Morgan fingerprint density at radius 3 is 2.93 bits per heavy atom. The fourth-order valence-electron chi connectivity index (χ4n) is 0.940. The molecule has 14 heavy (non-hydrogen) atoms. The Morgan fingerprint density at radius 1 is 1.43 bits per heavy atom. The molecule has 0 bridgehead atoms. The van der Waals surface area contributed by atoms with Crippen molar-refractivity contribution >= 4 is 28.2 Å². The third-order valence-electron chi connectivity index (χ3n) is 1.51. The van der Waals surface area contributed by atoms with Crippen LogP contribution >= 0.6 is 11.3 Å². The van der Waals surface area contributed by atoms with Gasteiger partial charge >= 0.3 is 0 Å². The van der Waals surface area contributed by atoms with E-state index < -0.39 is 0 Å². The normalized spacial score (nSPS) is 10.1. The lowest BCUT2D eigenvalue weighted by Gasteiger charge is -1.99. The molecule has 5 nitrogen and oxygen atoms in total. The summed E-state index contributed by atoms with van der Waals surface area (Å²) in [5.74, 6) is 0.912. The molecule has 0 amide bonds. The second-order valence-corrected chi connectivity index (χ2v) is 3.58. The van der Waals surface area contributed by atoms with Crippen molar-refractivity contribution in [3.05, 3.63) is 23.3 Å². The number of nitrogens with two attached hydrogens (primary N) is 1. The third-order valence-corrected chi connectivity index (χ3v) is 2.39. The van der Waals surface area contributed by atoms with E-state index in [9.17, 15) is 0 Å². The van der Waals surface area contributed by atoms with Gasteiger partial charge in [-0.05, 0) is 13.0 Å². The van der Waals surface area contributed by atoms with Crippen molar-refractivity contribution in [3.63, 3.8) is 0 Å². The summed E-state index contributed by atoms with van der Waals surface area (Å²) in [6, 6.07) is 1.64. The van der Waals surface area contributed by atoms with E-state index in [2.05, 4.69) is 20.3 Å². The minimum Gasteiger partial charge on any atom is -0.384 e. The number of aryl methyl sites for hydroxylation is 1. The molecule has 0 unspecified atom stereocenters. The van der Waals surface area contributed by atoms with Gasteiger partial charge in [-0.1, -0.05) is 0 Å². The van der Waals surface area contributed by atoms with Gasteiger partial charge in [0.05, 0.1) is 5.69 Å². The minimum absolute atomic E-state index is 0.441. The van der Waals surface area contributed by atoms with Crippen molar-refractivity contribution in [1.29, 1.82) is 0 Å². The highest BCUT2D eigenvalue weighted by Crippen LogP contribution is 2.17. The summed E-state index contributed by atoms with van der Waals surface area (Å²) in [7, 11) is 0. The average Bonchev–Trinajstić information content (AvgIpc) is 2.51. The molecule has 0 radical (unpaired) electrons. The molecule has 2 heterocycles. The highest BCUT2D eigenvalue weighted by molar-refractivity contribution is 7.13. The van der Waals surface area contributed by atoms with Crippen LogP contribution in [0.1, 0.15) is 5.69 Å². The molecule has 0 spiro atoms. The average molecular weight is 207 g/mol. The number of hydrogen-bond donors (Lipinski definition) is 2. The minimum atomic E-state index is 0.441. The molecule has 0 saturated heterocycles. The number of nitrogen functional groups attached to an aromatic ring is 1. The van der Waals surface area contributed by atoms with Gasteiger partial charge in [0.25, 0.3) is 0 Å². The van der Waals surface area contributed by atoms with Crippen molar-refractivity contribution in [2.24, 2.45) is 0 Å². The first kappa shape index (κ1) is 8.89. The van der Waals surface area contributed by atoms with E-state index in [4.69, 9.17) is 5.73 Å². The second kappa shape index (κ2) is 3.59. The summed E-state index contributed by atoms with van der Waals surface area (Å²) >= 11 is 1.51. The van der Waals surface area contributed by atoms with E-state index in [1.54, 1.807) is 12.3 Å². The van der Waals surface area contributed by atoms with E-state index >= 15 is 0 Å². The van der Waals surface area contributed by atoms with E-state index in [0.717, 1.165) is 10.8 Å². The number of rotatable bonds is 2. The van der Waals surface area contributed by atoms with Crippen LogP contribution in [0.15, 0.2) is 17.6 Å². The lowest BCUT2D eigenvalue weighted by Crippen LogP contribution is -1.99. The molecule has 0 saturated carbocycles. The zero-order chi connectivity index (χ0) is 9.97. The molecule has 0 aliphatic heterocycles. The molecule has 72 valence electrons. The Morgan fingerprint density at radius 2 is 2.29 bits per heavy atom. The van der Waals surface area contributed by atoms with Gasteiger partial charge in [0, 0.05) is 11.6 Å². The molecule has 0 fully saturated rings. The number of aromatic nitrogens is 3. The summed E-state index contributed by atoms with van der Waals surface area (Å²) in [6.07, 6.45) is 1.60. The lowest BCUT2D eigenvalue weighted by molar-refractivity contribution is 1.16. The van der Waals surface area contributed by atoms with Gasteiger partial charge in [-0.3, -0.25) is 5.32 Å². The monoisotopic (exact) mass is 207 g/mol. The zero-order valence-corrected chi connectivity index (χ0v) is 8.38. The summed E-state index contributed by atoms with van der Waals surface area (Å²) in [6.45, 7) is 1.93. The van der Waals surface area contributed by atoms with Gasteiger partial charge in [0.2, 0.25) is 5.95 Å². The quantitative estimate of drug-likeness (QED) is 0.781. The van der Waals surface area contributed by atoms with E-state index in [1.807, 2.05) is 12.3 Å². The van der Waals surface area contributed by atoms with Gasteiger partial charge in [-0.15, -0.1) is 11.3 Å². The first-order valence-corrected chi connectivity index (χ1v) is 4.90. The Labute approximate surface area is 85.0 Å². The SMILES string of the molecule is Cc1csc(Nc2nccc(N)n2)n1. The van der Waals surface area contributed by atoms with Gasteiger partial charge in [0.1, 0.15) is 5.82 Å². The fraction of sp³-hybridized carbons (Fsp3) is 0.125. The number of nitrogens with one attached hydrogen (secondary N) is 1. The molecule has 0 aromatic carbocycles. The van der Waals surface area contributed by atoms with Crippen molar-refractivity contribution in [1.82, 2.24) is 15.0 Å². The Kier molecular flexibility index (Phi) is 2.28. The number of thiazole rings is 1. The van der Waals surface area contributed by atoms with Crippen LogP contribution in [0, 0.1) is 6.92 Å². The predicted molar refractivity (Wildman–Crippen MR) is 56.6 cm³/mol. The van der Waals surface area contributed by atoms with Crippen LogP contribution in [0.2, 0.25) is 0 Å². The molecule has 2 rings (SSSR count). The summed E-state index contributed by atoms with van der Waals surface area (Å²) in [5, 5.41) is 5.70. The van der Waals surface area contributed by atoms with Crippen molar-refractivity contribution in [3.8, 4) is 0 Å². The molecule has 2 aromatic heterocycles. The molecule has 2 aromatic rings. The molecule has 0 atom stereocenters. The fourth-order valence-corrected chi connectivity index (χ4v) is 1.62. The Balaban J connectivity index is 2.18. The van der Waals surface area contributed by atoms with Crippen LogP contribution in [-0.2, 0) is 0 Å². The highest BCUT2D eigenvalue weighted by Gasteiger charge is 2.00. The lowest BCUT2D eigenvalue weighted by atomic mass is 10.6. The molecule has 6 heteroatoms. The number of hydrogen-bond acceptors (Lipinski definition) is 6. The molecular weight excluding hydrogens is 198 g/mol. The van der Waals surface area contributed by atoms with Crippen LogP contribution in [0.5, 0.6) is 0 Å². The highest BCUT2D eigenvalue weighted by atomic mass is 32.1. The van der Waals surface area contributed by atoms with Crippen LogP contribution < -0.4 is 11.1 Å². The Bertz CT molecular complexity index is 439. The van der Waals surface area contributed by atoms with Gasteiger partial charge in [0.15, 0.2) is 5.13 Å². The number of nitrogens with zero attached hydrogens (tertiary/aromatic N) is 3. The van der Waals surface area contributed by atoms with Crippen molar-refractivity contribution in [2.75, 3.05) is 11.1 Å². The van der Waals surface area contributed by atoms with Crippen LogP contribution in [0.25, 0.3) is 0 Å². The van der Waals surface area contributed by atoms with Gasteiger partial charge < -0.3 is 5.73 Å². The van der Waals surface area contributed by atoms with Crippen molar-refractivity contribution < 1.29 is 0 Å². The molecular formula is C8H9N5S. The van der Waals surface area contributed by atoms with Crippen LogP contribution in [-0.4, -0.2) is 15.0 Å². The topological polar surface area (TPSA) is 76.7 Å². The first-order valence-electron chi connectivity index (χ1n) is 4.02. The third kappa shape index (κ3) is 1.97. The first-order chi connectivity index (χ1) is 6.74. The van der Waals surface area contributed by atoms with Crippen LogP contribution in [0.3, 0.4) is 0 Å². The largest absolute Gasteiger partial charge is 0.384 e. The smallest absolute Gasteiger partial charge is 0.230 e. The zero-order valence-electron chi connectivity index (χ0n) is 7.56. The number of anilines is 3. The summed E-state index contributed by atoms with van der Waals surface area (Å²) in [4.78, 5) is 12.2. The van der Waals surface area contributed by atoms with Gasteiger partial charge in [-0.2, -0.15) is 4.98 Å². The van der Waals surface area contributed by atoms with E-state index in [0.29, 0.717) is 11.8 Å². The predicted octanol–water partition coefficient (Wildman–Crippen LogP) is 1.57. The maximum absolute atomic E-state index is 5.51. The molecule has 0 aliphatic carbocycles. The second-order valence-electron chi connectivity index (χ2n) is 2.72. The van der Waals surface area contributed by atoms with Gasteiger partial charge in [-0.25, -0.2) is 9.97 Å². The van der Waals surface area contributed by atoms with Crippen molar-refractivity contribution in [2.45, 2.75) is 6.92 Å². The summed E-state index contributed by atoms with van der Waals surface area (Å²) in [5.41, 5.74) is 6.48. The van der Waals surface area contributed by atoms with Crippen LogP contribution in [0.4, 0.5) is 16.9 Å². The summed E-state index contributed by atoms with van der Waals surface area (Å²) < 4.78 is 0. The Hall–Kier alpha value is -1.69. The standard InChI is InChI=1S/C8H9N5S/c1-5-4-14-8(11-5)13-7-10-3-2-6(9)12-7/h2-4H,1H3,(H3,9,10,11,12,13). The molecule has 3 N–H and O–H groups in total. The molecule has 0 aliphatic rings. The maximum Gasteiger partial charge on any atom is 0.230 e. The maximum atomic E-state index is 5.51. The van der Waals surface area contributed by atoms with E-state index in [-0.39, 0.29) is 0 Å². The van der Waals surface area contributed by atoms with E-state index in [1.165, 1.54) is 11.3 Å².